The van der Waals surface area contributed by atoms with Crippen LogP contribution in [0.15, 0.2) is 140 Å². The van der Waals surface area contributed by atoms with Crippen molar-refractivity contribution in [3.63, 3.8) is 0 Å². The van der Waals surface area contributed by atoms with Crippen LogP contribution in [0.25, 0.3) is 0 Å². The Morgan fingerprint density at radius 2 is 1.31 bits per heavy atom. The van der Waals surface area contributed by atoms with Gasteiger partial charge in [0, 0.05) is 40.4 Å². The molecule has 5 aromatic rings. The summed E-state index contributed by atoms with van der Waals surface area (Å²) in [6.07, 6.45) is -0.749. The van der Waals surface area contributed by atoms with Crippen LogP contribution in [-0.4, -0.2) is 41.7 Å². The van der Waals surface area contributed by atoms with Gasteiger partial charge in [-0.15, -0.1) is 0 Å². The van der Waals surface area contributed by atoms with Crippen molar-refractivity contribution in [2.24, 2.45) is 5.92 Å². The second kappa shape index (κ2) is 14.8. The number of rotatable bonds is 13. The minimum absolute atomic E-state index is 0.0122. The van der Waals surface area contributed by atoms with Crippen LogP contribution >= 0.6 is 12.2 Å². The summed E-state index contributed by atoms with van der Waals surface area (Å²) in [7, 11) is 0. The first-order chi connectivity index (χ1) is 23.4. The molecule has 1 heterocycles. The molecule has 3 atom stereocenters. The summed E-state index contributed by atoms with van der Waals surface area (Å²) in [5.74, 6) is -2.94. The molecule has 48 heavy (non-hydrogen) atoms. The van der Waals surface area contributed by atoms with E-state index in [2.05, 4.69) is 0 Å². The second-order valence-corrected chi connectivity index (χ2v) is 12.7. The van der Waals surface area contributed by atoms with E-state index in [1.165, 1.54) is 12.1 Å². The Labute approximate surface area is 285 Å². The van der Waals surface area contributed by atoms with Crippen molar-refractivity contribution in [1.82, 2.24) is 0 Å². The molecule has 4 nitrogen and oxygen atoms in total. The third-order valence-electron chi connectivity index (χ3n) is 9.37. The molecule has 5 aromatic carbocycles. The topological polar surface area (TPSA) is 55.8 Å². The number of halogens is 2. The highest BCUT2D eigenvalue weighted by Gasteiger charge is 2.53. The molecule has 0 aromatic heterocycles. The number of hydrogen-bond donors (Lipinski definition) is 1. The Kier molecular flexibility index (Phi) is 10.3. The predicted octanol–water partition coefficient (Wildman–Crippen LogP) is 8.25. The zero-order chi connectivity index (χ0) is 33.6. The van der Waals surface area contributed by atoms with E-state index in [1.54, 1.807) is 24.3 Å². The third-order valence-corrected chi connectivity index (χ3v) is 9.66. The number of benzene rings is 5. The quantitative estimate of drug-likeness (QED) is 0.0782. The van der Waals surface area contributed by atoms with Gasteiger partial charge in [-0.25, -0.2) is 8.78 Å². The summed E-state index contributed by atoms with van der Waals surface area (Å²) in [6, 6.07) is 42.4. The van der Waals surface area contributed by atoms with Crippen molar-refractivity contribution < 1.29 is 28.2 Å². The molecule has 1 saturated heterocycles. The molecule has 0 unspecified atom stereocenters. The van der Waals surface area contributed by atoms with Gasteiger partial charge in [-0.3, -0.25) is 4.79 Å². The molecule has 0 spiro atoms. The Balaban J connectivity index is 1.37. The van der Waals surface area contributed by atoms with Crippen LogP contribution in [0.2, 0.25) is 0 Å². The van der Waals surface area contributed by atoms with Gasteiger partial charge in [0.25, 0.3) is 0 Å². The number of carbonyl (C=O) groups is 1. The minimum Gasteiger partial charge on any atom is -0.396 e. The highest BCUT2D eigenvalue weighted by Crippen LogP contribution is 2.48. The van der Waals surface area contributed by atoms with Gasteiger partial charge in [-0.05, 0) is 29.2 Å². The average molecular weight is 663 g/mol. The first kappa shape index (κ1) is 33.5. The zero-order valence-corrected chi connectivity index (χ0v) is 27.1. The standard InChI is InChI=1S/C41H36F2O4S/c42-36-23-13-22-34(39(36)43)40(25-33(48)24-37(45)29-14-5-1-6-15-29)28-46-38(35(40)26-44)27-47-41(30-16-7-2-8-17-30,31-18-9-3-10-19-31)32-20-11-4-12-21-32/h1-23,35,38,44H,24-28H2/t35-,38-,40+/m1/s1. The molecule has 0 radical (unpaired) electrons. The Bertz CT molecular complexity index is 1740. The third kappa shape index (κ3) is 6.51. The molecule has 1 N–H and O–H groups in total. The van der Waals surface area contributed by atoms with Gasteiger partial charge < -0.3 is 14.6 Å². The molecular formula is C41H36F2O4S. The van der Waals surface area contributed by atoms with Gasteiger partial charge in [-0.2, -0.15) is 0 Å². The fourth-order valence-electron chi connectivity index (χ4n) is 7.03. The smallest absolute Gasteiger partial charge is 0.167 e. The lowest BCUT2D eigenvalue weighted by Gasteiger charge is -2.38. The fraction of sp³-hybridized carbons (Fsp3) is 0.220. The Hall–Kier alpha value is -4.40. The number of carbonyl (C=O) groups excluding carboxylic acids is 1. The maximum Gasteiger partial charge on any atom is 0.167 e. The number of aliphatic hydroxyl groups excluding tert-OH is 1. The normalized spacial score (nSPS) is 19.2. The Morgan fingerprint density at radius 1 is 0.792 bits per heavy atom. The summed E-state index contributed by atoms with van der Waals surface area (Å²) < 4.78 is 43.9. The van der Waals surface area contributed by atoms with Gasteiger partial charge >= 0.3 is 0 Å². The van der Waals surface area contributed by atoms with Gasteiger partial charge in [0.2, 0.25) is 0 Å². The zero-order valence-electron chi connectivity index (χ0n) is 26.3. The van der Waals surface area contributed by atoms with E-state index >= 15 is 4.39 Å². The molecule has 1 aliphatic rings. The highest BCUT2D eigenvalue weighted by molar-refractivity contribution is 7.80. The summed E-state index contributed by atoms with van der Waals surface area (Å²) in [5, 5.41) is 11.0. The van der Waals surface area contributed by atoms with Gasteiger partial charge in [0.1, 0.15) is 5.60 Å². The van der Waals surface area contributed by atoms with Crippen LogP contribution in [0.5, 0.6) is 0 Å². The monoisotopic (exact) mass is 662 g/mol. The summed E-state index contributed by atoms with van der Waals surface area (Å²) >= 11 is 5.76. The van der Waals surface area contributed by atoms with Crippen molar-refractivity contribution in [2.45, 2.75) is 30.0 Å². The van der Waals surface area contributed by atoms with Crippen LogP contribution in [0.1, 0.15) is 45.5 Å². The maximum atomic E-state index is 15.7. The average Bonchev–Trinajstić information content (AvgIpc) is 3.48. The molecule has 1 fully saturated rings. The number of aliphatic hydroxyl groups is 1. The van der Waals surface area contributed by atoms with Crippen LogP contribution in [-0.2, 0) is 20.5 Å². The maximum absolute atomic E-state index is 15.7. The minimum atomic E-state index is -1.25. The van der Waals surface area contributed by atoms with E-state index in [-0.39, 0.29) is 37.4 Å². The van der Waals surface area contributed by atoms with E-state index in [1.807, 2.05) is 97.1 Å². The molecule has 0 aliphatic carbocycles. The van der Waals surface area contributed by atoms with Crippen molar-refractivity contribution in [2.75, 3.05) is 19.8 Å². The SMILES string of the molecule is O=C(CC(=S)C[C@@]1(c2cccc(F)c2F)CO[C@H](COC(c2ccccc2)(c2ccccc2)c2ccccc2)[C@H]1CO)c1ccccc1. The summed E-state index contributed by atoms with van der Waals surface area (Å²) in [6.45, 7) is -0.451. The number of Topliss-reactive ketones (excluding diaryl/α,β-unsaturated/α-hetero) is 1. The first-order valence-electron chi connectivity index (χ1n) is 16.0. The van der Waals surface area contributed by atoms with Gasteiger partial charge in [0.15, 0.2) is 17.4 Å². The summed E-state index contributed by atoms with van der Waals surface area (Å²) in [4.78, 5) is 13.5. The van der Waals surface area contributed by atoms with E-state index in [4.69, 9.17) is 21.7 Å². The highest BCUT2D eigenvalue weighted by atomic mass is 32.1. The van der Waals surface area contributed by atoms with Crippen LogP contribution < -0.4 is 0 Å². The van der Waals surface area contributed by atoms with E-state index in [9.17, 15) is 14.3 Å². The second-order valence-electron chi connectivity index (χ2n) is 12.2. The van der Waals surface area contributed by atoms with Crippen LogP contribution in [0, 0.1) is 17.6 Å². The lowest BCUT2D eigenvalue weighted by atomic mass is 9.67. The molecule has 244 valence electrons. The fourth-order valence-corrected chi connectivity index (χ4v) is 7.42. The molecule has 6 rings (SSSR count). The Morgan fingerprint density at radius 3 is 1.83 bits per heavy atom. The predicted molar refractivity (Wildman–Crippen MR) is 186 cm³/mol. The van der Waals surface area contributed by atoms with Gasteiger partial charge in [0.05, 0.1) is 19.3 Å². The number of thiocarbonyl (C=S) groups is 1. The van der Waals surface area contributed by atoms with Crippen molar-refractivity contribution >= 4 is 22.9 Å². The molecule has 7 heteroatoms. The number of ether oxygens (including phenoxy) is 2. The molecule has 1 aliphatic heterocycles. The first-order valence-corrected chi connectivity index (χ1v) is 16.4. The lowest BCUT2D eigenvalue weighted by Crippen LogP contribution is -2.44. The molecule has 0 saturated carbocycles. The lowest BCUT2D eigenvalue weighted by molar-refractivity contribution is -0.0603. The van der Waals surface area contributed by atoms with Crippen molar-refractivity contribution in [3.8, 4) is 0 Å². The molecular weight excluding hydrogens is 627 g/mol. The van der Waals surface area contributed by atoms with E-state index < -0.39 is 41.3 Å². The molecule has 0 amide bonds. The van der Waals surface area contributed by atoms with Crippen LogP contribution in [0.4, 0.5) is 8.78 Å². The number of ketones is 1. The number of hydrogen-bond acceptors (Lipinski definition) is 5. The van der Waals surface area contributed by atoms with Crippen molar-refractivity contribution in [1.29, 1.82) is 0 Å². The molecule has 0 bridgehead atoms. The van der Waals surface area contributed by atoms with E-state index in [0.29, 0.717) is 10.4 Å². The largest absolute Gasteiger partial charge is 0.396 e. The van der Waals surface area contributed by atoms with Gasteiger partial charge in [-0.1, -0.05) is 146 Å². The summed E-state index contributed by atoms with van der Waals surface area (Å²) in [5.41, 5.74) is 0.936. The van der Waals surface area contributed by atoms with Crippen LogP contribution in [0.3, 0.4) is 0 Å². The van der Waals surface area contributed by atoms with E-state index in [0.717, 1.165) is 22.8 Å². The van der Waals surface area contributed by atoms with Crippen molar-refractivity contribution in [3.05, 3.63) is 179 Å².